The van der Waals surface area contributed by atoms with Crippen LogP contribution in [0.15, 0.2) is 6.33 Å². The van der Waals surface area contributed by atoms with Gasteiger partial charge in [0.2, 0.25) is 0 Å². The van der Waals surface area contributed by atoms with Crippen molar-refractivity contribution >= 4 is 45.1 Å². The third kappa shape index (κ3) is 4.46. The van der Waals surface area contributed by atoms with Gasteiger partial charge in [-0.3, -0.25) is 9.52 Å². The molecule has 0 spiro atoms. The van der Waals surface area contributed by atoms with Crippen LogP contribution in [-0.4, -0.2) is 47.4 Å². The first kappa shape index (κ1) is 15.9. The molecule has 0 fully saturated rings. The zero-order valence-electron chi connectivity index (χ0n) is 9.67. The lowest BCUT2D eigenvalue weighted by molar-refractivity contribution is -0.137. The standard InChI is InChI=1S/C8H10Cl2N4O4S/c1-14(3-2-5(15)16)19(17,18)13-6-7(9)11-4-12-8(6)10/h4,13H,2-3H2,1H3,(H,15,16). The van der Waals surface area contributed by atoms with E-state index in [0.717, 1.165) is 10.6 Å². The molecule has 1 heterocycles. The Bertz CT molecular complexity index is 560. The molecule has 0 aliphatic heterocycles. The van der Waals surface area contributed by atoms with Gasteiger partial charge in [-0.05, 0) is 0 Å². The molecule has 11 heteroatoms. The molecular formula is C8H10Cl2N4O4S. The minimum absolute atomic E-state index is 0.157. The first-order valence-corrected chi connectivity index (χ1v) is 7.05. The van der Waals surface area contributed by atoms with Gasteiger partial charge in [0, 0.05) is 13.6 Å². The largest absolute Gasteiger partial charge is 0.481 e. The molecule has 1 rings (SSSR count). The highest BCUT2D eigenvalue weighted by Gasteiger charge is 2.21. The molecule has 0 bridgehead atoms. The highest BCUT2D eigenvalue weighted by atomic mass is 35.5. The number of rotatable bonds is 6. The molecule has 0 saturated heterocycles. The number of aromatic nitrogens is 2. The average molecular weight is 329 g/mol. The summed E-state index contributed by atoms with van der Waals surface area (Å²) in [7, 11) is -2.76. The van der Waals surface area contributed by atoms with Gasteiger partial charge >= 0.3 is 16.2 Å². The molecule has 0 atom stereocenters. The molecule has 0 aliphatic rings. The van der Waals surface area contributed by atoms with Crippen molar-refractivity contribution in [3.63, 3.8) is 0 Å². The smallest absolute Gasteiger partial charge is 0.304 e. The van der Waals surface area contributed by atoms with Gasteiger partial charge in [-0.1, -0.05) is 23.2 Å². The van der Waals surface area contributed by atoms with Gasteiger partial charge in [0.25, 0.3) is 0 Å². The molecule has 1 aromatic rings. The van der Waals surface area contributed by atoms with Crippen molar-refractivity contribution in [1.82, 2.24) is 14.3 Å². The van der Waals surface area contributed by atoms with Crippen LogP contribution >= 0.6 is 23.2 Å². The summed E-state index contributed by atoms with van der Waals surface area (Å²) in [6.45, 7) is -0.201. The monoisotopic (exact) mass is 328 g/mol. The second-order valence-electron chi connectivity index (χ2n) is 3.40. The predicted octanol–water partition coefficient (Wildman–Crippen LogP) is 0.847. The molecule has 0 unspecified atom stereocenters. The summed E-state index contributed by atoms with van der Waals surface area (Å²) in [5.74, 6) is -1.11. The van der Waals surface area contributed by atoms with Crippen molar-refractivity contribution in [3.05, 3.63) is 16.6 Å². The number of anilines is 1. The molecular weight excluding hydrogens is 319 g/mol. The van der Waals surface area contributed by atoms with E-state index in [1.54, 1.807) is 0 Å². The van der Waals surface area contributed by atoms with Crippen LogP contribution in [0.25, 0.3) is 0 Å². The fourth-order valence-corrected chi connectivity index (χ4v) is 2.47. The van der Waals surface area contributed by atoms with Crippen LogP contribution in [0, 0.1) is 0 Å². The second-order valence-corrected chi connectivity index (χ2v) is 5.90. The number of carboxylic acid groups (broad SMARTS) is 1. The van der Waals surface area contributed by atoms with Crippen molar-refractivity contribution in [3.8, 4) is 0 Å². The van der Waals surface area contributed by atoms with E-state index in [-0.39, 0.29) is 29.0 Å². The lowest BCUT2D eigenvalue weighted by Crippen LogP contribution is -2.34. The second kappa shape index (κ2) is 6.33. The maximum absolute atomic E-state index is 11.9. The van der Waals surface area contributed by atoms with E-state index in [1.165, 1.54) is 7.05 Å². The summed E-state index contributed by atoms with van der Waals surface area (Å²) in [5, 5.41) is 8.19. The molecule has 8 nitrogen and oxygen atoms in total. The topological polar surface area (TPSA) is 112 Å². The fraction of sp³-hybridized carbons (Fsp3) is 0.375. The summed E-state index contributed by atoms with van der Waals surface area (Å²) < 4.78 is 26.6. The van der Waals surface area contributed by atoms with Crippen LogP contribution < -0.4 is 4.72 Å². The third-order valence-corrected chi connectivity index (χ3v) is 4.08. The van der Waals surface area contributed by atoms with E-state index in [4.69, 9.17) is 28.3 Å². The summed E-state index contributed by atoms with van der Waals surface area (Å²) in [5.41, 5.74) is -0.159. The van der Waals surface area contributed by atoms with Crippen LogP contribution in [-0.2, 0) is 15.0 Å². The number of hydrogen-bond donors (Lipinski definition) is 2. The summed E-state index contributed by atoms with van der Waals surface area (Å²) in [6.07, 6.45) is 0.751. The van der Waals surface area contributed by atoms with E-state index in [2.05, 4.69) is 14.7 Å². The quantitative estimate of drug-likeness (QED) is 0.748. The lowest BCUT2D eigenvalue weighted by atomic mass is 10.4. The third-order valence-electron chi connectivity index (χ3n) is 2.04. The molecule has 0 radical (unpaired) electrons. The average Bonchev–Trinajstić information content (AvgIpc) is 2.31. The molecule has 19 heavy (non-hydrogen) atoms. The minimum Gasteiger partial charge on any atom is -0.481 e. The SMILES string of the molecule is CN(CCC(=O)O)S(=O)(=O)Nc1c(Cl)ncnc1Cl. The molecule has 0 amide bonds. The Hall–Kier alpha value is -1.16. The Balaban J connectivity index is 2.88. The number of carboxylic acids is 1. The number of hydrogen-bond acceptors (Lipinski definition) is 5. The van der Waals surface area contributed by atoms with Crippen LogP contribution in [0.5, 0.6) is 0 Å². The van der Waals surface area contributed by atoms with E-state index >= 15 is 0 Å². The number of halogens is 2. The van der Waals surface area contributed by atoms with Crippen LogP contribution in [0.3, 0.4) is 0 Å². The highest BCUT2D eigenvalue weighted by Crippen LogP contribution is 2.27. The molecule has 2 N–H and O–H groups in total. The van der Waals surface area contributed by atoms with Gasteiger partial charge in [-0.2, -0.15) is 12.7 Å². The summed E-state index contributed by atoms with van der Waals surface area (Å²) in [6, 6.07) is 0. The van der Waals surface area contributed by atoms with Gasteiger partial charge in [0.05, 0.1) is 6.42 Å². The van der Waals surface area contributed by atoms with Gasteiger partial charge in [-0.15, -0.1) is 0 Å². The first-order valence-electron chi connectivity index (χ1n) is 4.86. The Morgan fingerprint density at radius 2 is 1.95 bits per heavy atom. The van der Waals surface area contributed by atoms with Gasteiger partial charge in [-0.25, -0.2) is 9.97 Å². The molecule has 0 saturated carbocycles. The summed E-state index contributed by atoms with van der Waals surface area (Å²) in [4.78, 5) is 17.6. The van der Waals surface area contributed by atoms with Gasteiger partial charge in [0.15, 0.2) is 10.3 Å². The van der Waals surface area contributed by atoms with Crippen molar-refractivity contribution in [1.29, 1.82) is 0 Å². The molecule has 106 valence electrons. The molecule has 1 aromatic heterocycles. The molecule has 0 aliphatic carbocycles. The normalized spacial score (nSPS) is 11.6. The van der Waals surface area contributed by atoms with E-state index < -0.39 is 16.2 Å². The first-order chi connectivity index (χ1) is 8.74. The zero-order valence-corrected chi connectivity index (χ0v) is 12.0. The Morgan fingerprint density at radius 1 is 1.42 bits per heavy atom. The van der Waals surface area contributed by atoms with Crippen LogP contribution in [0.2, 0.25) is 10.3 Å². The van der Waals surface area contributed by atoms with E-state index in [0.29, 0.717) is 0 Å². The van der Waals surface area contributed by atoms with Crippen molar-refractivity contribution < 1.29 is 18.3 Å². The number of carbonyl (C=O) groups is 1. The Labute approximate surface area is 119 Å². The maximum atomic E-state index is 11.9. The zero-order chi connectivity index (χ0) is 14.6. The molecule has 0 aromatic carbocycles. The van der Waals surface area contributed by atoms with Crippen molar-refractivity contribution in [2.45, 2.75) is 6.42 Å². The van der Waals surface area contributed by atoms with E-state index in [9.17, 15) is 13.2 Å². The van der Waals surface area contributed by atoms with Crippen LogP contribution in [0.4, 0.5) is 5.69 Å². The number of nitrogens with zero attached hydrogens (tertiary/aromatic N) is 3. The lowest BCUT2D eigenvalue weighted by Gasteiger charge is -2.17. The maximum Gasteiger partial charge on any atom is 0.304 e. The Kier molecular flexibility index (Phi) is 5.29. The van der Waals surface area contributed by atoms with Gasteiger partial charge in [0.1, 0.15) is 12.0 Å². The summed E-state index contributed by atoms with van der Waals surface area (Å²) >= 11 is 11.4. The number of nitrogens with one attached hydrogen (secondary N) is 1. The van der Waals surface area contributed by atoms with E-state index in [1.807, 2.05) is 0 Å². The van der Waals surface area contributed by atoms with Crippen LogP contribution in [0.1, 0.15) is 6.42 Å². The predicted molar refractivity (Wildman–Crippen MR) is 69.5 cm³/mol. The van der Waals surface area contributed by atoms with Gasteiger partial charge < -0.3 is 5.11 Å². The highest BCUT2D eigenvalue weighted by molar-refractivity contribution is 7.90. The van der Waals surface area contributed by atoms with Crippen molar-refractivity contribution in [2.75, 3.05) is 18.3 Å². The minimum atomic E-state index is -3.98. The van der Waals surface area contributed by atoms with Crippen molar-refractivity contribution in [2.24, 2.45) is 0 Å². The fourth-order valence-electron chi connectivity index (χ4n) is 1.01. The number of aliphatic carboxylic acids is 1. The Morgan fingerprint density at radius 3 is 2.42 bits per heavy atom.